The average Bonchev–Trinajstić information content (AvgIpc) is 2.99. The Balaban J connectivity index is 1.59. The van der Waals surface area contributed by atoms with Gasteiger partial charge in [-0.05, 0) is 29.3 Å². The first kappa shape index (κ1) is 16.0. The van der Waals surface area contributed by atoms with Gasteiger partial charge in [-0.15, -0.1) is 0 Å². The zero-order chi connectivity index (χ0) is 16.4. The normalized spacial score (nSPS) is 18.9. The van der Waals surface area contributed by atoms with Crippen LogP contribution < -0.4 is 4.74 Å². The smallest absolute Gasteiger partial charge is 0.246 e. The first-order valence-electron chi connectivity index (χ1n) is 7.61. The van der Waals surface area contributed by atoms with Crippen LogP contribution in [0.3, 0.4) is 0 Å². The molecule has 2 aliphatic rings. The maximum atomic E-state index is 12.2. The van der Waals surface area contributed by atoms with Gasteiger partial charge in [-0.25, -0.2) is 8.42 Å². The molecule has 0 aromatic heterocycles. The number of hydrogen-bond donors (Lipinski definition) is 0. The van der Waals surface area contributed by atoms with Crippen molar-refractivity contribution in [3.05, 3.63) is 35.4 Å². The first-order chi connectivity index (χ1) is 10.9. The number of carbonyl (C=O) groups is 1. The van der Waals surface area contributed by atoms with Gasteiger partial charge < -0.3 is 9.64 Å². The van der Waals surface area contributed by atoms with Crippen LogP contribution in [0.1, 0.15) is 11.1 Å². The molecule has 3 rings (SSSR count). The summed E-state index contributed by atoms with van der Waals surface area (Å²) in [5.41, 5.74) is 2.14. The van der Waals surface area contributed by atoms with Gasteiger partial charge in [0.2, 0.25) is 15.9 Å². The Labute approximate surface area is 136 Å². The van der Waals surface area contributed by atoms with Crippen LogP contribution in [0.4, 0.5) is 0 Å². The maximum Gasteiger partial charge on any atom is 0.246 e. The molecule has 124 valence electrons. The lowest BCUT2D eigenvalue weighted by atomic mass is 10.1. The van der Waals surface area contributed by atoms with Crippen LogP contribution in [0, 0.1) is 0 Å². The van der Waals surface area contributed by atoms with Crippen molar-refractivity contribution in [3.8, 4) is 5.75 Å². The topological polar surface area (TPSA) is 66.9 Å². The van der Waals surface area contributed by atoms with Crippen LogP contribution in [-0.2, 0) is 21.2 Å². The number of piperazine rings is 1. The fourth-order valence-electron chi connectivity index (χ4n) is 2.82. The Morgan fingerprint density at radius 2 is 1.96 bits per heavy atom. The minimum atomic E-state index is -3.17. The third-order valence-electron chi connectivity index (χ3n) is 4.15. The molecule has 0 bridgehead atoms. The highest BCUT2D eigenvalue weighted by Crippen LogP contribution is 2.26. The van der Waals surface area contributed by atoms with Crippen LogP contribution in [0.2, 0.25) is 0 Å². The van der Waals surface area contributed by atoms with Gasteiger partial charge >= 0.3 is 0 Å². The molecule has 23 heavy (non-hydrogen) atoms. The predicted molar refractivity (Wildman–Crippen MR) is 87.7 cm³/mol. The molecule has 1 aromatic rings. The number of sulfonamides is 1. The highest BCUT2D eigenvalue weighted by Gasteiger charge is 2.24. The van der Waals surface area contributed by atoms with Crippen molar-refractivity contribution in [2.75, 3.05) is 39.0 Å². The van der Waals surface area contributed by atoms with E-state index in [2.05, 4.69) is 0 Å². The highest BCUT2D eigenvalue weighted by atomic mass is 32.2. The van der Waals surface area contributed by atoms with Crippen molar-refractivity contribution in [1.82, 2.24) is 9.21 Å². The fraction of sp³-hybridized carbons (Fsp3) is 0.438. The molecule has 0 spiro atoms. The van der Waals surface area contributed by atoms with Crippen molar-refractivity contribution in [2.45, 2.75) is 6.42 Å². The van der Waals surface area contributed by atoms with Crippen molar-refractivity contribution in [3.63, 3.8) is 0 Å². The summed E-state index contributed by atoms with van der Waals surface area (Å²) < 4.78 is 29.8. The number of amides is 1. The standard InChI is InChI=1S/C16H20N2O4S/c1-23(20,21)18-9-7-17(8-10-18)16(19)5-3-13-2-4-15-14(12-13)6-11-22-15/h2-5,12H,6-11H2,1H3. The molecule has 0 radical (unpaired) electrons. The van der Waals surface area contributed by atoms with Crippen molar-refractivity contribution >= 4 is 22.0 Å². The molecule has 0 atom stereocenters. The van der Waals surface area contributed by atoms with Gasteiger partial charge in [-0.2, -0.15) is 4.31 Å². The van der Waals surface area contributed by atoms with E-state index in [9.17, 15) is 13.2 Å². The second kappa shape index (κ2) is 6.33. The van der Waals surface area contributed by atoms with Gasteiger partial charge in [0, 0.05) is 38.7 Å². The number of hydrogen-bond acceptors (Lipinski definition) is 4. The second-order valence-electron chi connectivity index (χ2n) is 5.79. The van der Waals surface area contributed by atoms with Crippen molar-refractivity contribution in [2.24, 2.45) is 0 Å². The van der Waals surface area contributed by atoms with Crippen LogP contribution >= 0.6 is 0 Å². The van der Waals surface area contributed by atoms with E-state index < -0.39 is 10.0 Å². The summed E-state index contributed by atoms with van der Waals surface area (Å²) in [5.74, 6) is 0.834. The molecular formula is C16H20N2O4S. The SMILES string of the molecule is CS(=O)(=O)N1CCN(C(=O)C=Cc2ccc3c(c2)CCO3)CC1. The van der Waals surface area contributed by atoms with Crippen LogP contribution in [0.15, 0.2) is 24.3 Å². The van der Waals surface area contributed by atoms with Crippen molar-refractivity contribution < 1.29 is 17.9 Å². The quantitative estimate of drug-likeness (QED) is 0.764. The Kier molecular flexibility index (Phi) is 4.41. The van der Waals surface area contributed by atoms with Gasteiger partial charge in [0.25, 0.3) is 0 Å². The Hall–Kier alpha value is -1.86. The molecule has 0 unspecified atom stereocenters. The van der Waals surface area contributed by atoms with Gasteiger partial charge in [0.1, 0.15) is 5.75 Å². The first-order valence-corrected chi connectivity index (χ1v) is 9.46. The number of fused-ring (bicyclic) bond motifs is 1. The maximum absolute atomic E-state index is 12.2. The van der Waals surface area contributed by atoms with Gasteiger partial charge in [-0.1, -0.05) is 6.07 Å². The number of rotatable bonds is 3. The summed E-state index contributed by atoms with van der Waals surface area (Å²) in [4.78, 5) is 13.9. The molecular weight excluding hydrogens is 316 g/mol. The lowest BCUT2D eigenvalue weighted by molar-refractivity contribution is -0.127. The molecule has 1 amide bonds. The Morgan fingerprint density at radius 1 is 1.22 bits per heavy atom. The number of nitrogens with zero attached hydrogens (tertiary/aromatic N) is 2. The third-order valence-corrected chi connectivity index (χ3v) is 5.45. The lowest BCUT2D eigenvalue weighted by Crippen LogP contribution is -2.49. The molecule has 0 N–H and O–H groups in total. The number of benzene rings is 1. The molecule has 7 heteroatoms. The van der Waals surface area contributed by atoms with Crippen LogP contribution in [-0.4, -0.2) is 62.6 Å². The zero-order valence-corrected chi connectivity index (χ0v) is 13.9. The predicted octanol–water partition coefficient (Wildman–Crippen LogP) is 0.738. The number of carbonyl (C=O) groups excluding carboxylic acids is 1. The molecule has 1 fully saturated rings. The Morgan fingerprint density at radius 3 is 2.65 bits per heavy atom. The molecule has 0 aliphatic carbocycles. The summed E-state index contributed by atoms with van der Waals surface area (Å²) in [6, 6.07) is 5.89. The van der Waals surface area contributed by atoms with E-state index in [1.54, 1.807) is 17.1 Å². The molecule has 2 aliphatic heterocycles. The van der Waals surface area contributed by atoms with E-state index >= 15 is 0 Å². The van der Waals surface area contributed by atoms with E-state index in [0.29, 0.717) is 32.8 Å². The summed E-state index contributed by atoms with van der Waals surface area (Å²) in [6.07, 6.45) is 5.44. The van der Waals surface area contributed by atoms with Crippen molar-refractivity contribution in [1.29, 1.82) is 0 Å². The van der Waals surface area contributed by atoms with Gasteiger partial charge in [0.15, 0.2) is 0 Å². The summed E-state index contributed by atoms with van der Waals surface area (Å²) in [6.45, 7) is 2.28. The number of ether oxygens (including phenoxy) is 1. The summed E-state index contributed by atoms with van der Waals surface area (Å²) in [5, 5.41) is 0. The molecule has 1 saturated heterocycles. The molecule has 0 saturated carbocycles. The lowest BCUT2D eigenvalue weighted by Gasteiger charge is -2.32. The summed E-state index contributed by atoms with van der Waals surface area (Å²) in [7, 11) is -3.17. The summed E-state index contributed by atoms with van der Waals surface area (Å²) >= 11 is 0. The molecule has 6 nitrogen and oxygen atoms in total. The largest absolute Gasteiger partial charge is 0.493 e. The van der Waals surface area contributed by atoms with E-state index in [1.807, 2.05) is 18.2 Å². The average molecular weight is 336 g/mol. The van der Waals surface area contributed by atoms with Gasteiger partial charge in [0.05, 0.1) is 12.9 Å². The molecule has 1 aromatic carbocycles. The zero-order valence-electron chi connectivity index (χ0n) is 13.1. The van der Waals surface area contributed by atoms with E-state index in [-0.39, 0.29) is 5.91 Å². The third kappa shape index (κ3) is 3.73. The van der Waals surface area contributed by atoms with Gasteiger partial charge in [-0.3, -0.25) is 4.79 Å². The van der Waals surface area contributed by atoms with Crippen LogP contribution in [0.25, 0.3) is 6.08 Å². The van der Waals surface area contributed by atoms with E-state index in [1.165, 1.54) is 16.1 Å². The molecule has 2 heterocycles. The monoisotopic (exact) mass is 336 g/mol. The van der Waals surface area contributed by atoms with Crippen LogP contribution in [0.5, 0.6) is 5.75 Å². The second-order valence-corrected chi connectivity index (χ2v) is 7.77. The minimum absolute atomic E-state index is 0.0881. The minimum Gasteiger partial charge on any atom is -0.493 e. The Bertz CT molecular complexity index is 734. The fourth-order valence-corrected chi connectivity index (χ4v) is 3.65. The highest BCUT2D eigenvalue weighted by molar-refractivity contribution is 7.88. The van der Waals surface area contributed by atoms with E-state index in [4.69, 9.17) is 4.74 Å². The van der Waals surface area contributed by atoms with E-state index in [0.717, 1.165) is 17.7 Å².